The summed E-state index contributed by atoms with van der Waals surface area (Å²) in [6, 6.07) is 4.29. The molecule has 0 saturated carbocycles. The molecular formula is C11H18N4O3S. The first-order chi connectivity index (χ1) is 8.51. The minimum absolute atomic E-state index is 0.0439. The Balaban J connectivity index is 3.00. The van der Waals surface area contributed by atoms with Crippen LogP contribution in [-0.4, -0.2) is 19.9 Å². The van der Waals surface area contributed by atoms with Gasteiger partial charge in [0.05, 0.1) is 5.69 Å². The summed E-state index contributed by atoms with van der Waals surface area (Å²) in [5.41, 5.74) is 10.8. The average Bonchev–Trinajstić information content (AvgIpc) is 2.11. The zero-order chi connectivity index (χ0) is 14.8. The van der Waals surface area contributed by atoms with Crippen LogP contribution in [0.3, 0.4) is 0 Å². The number of primary sulfonamides is 1. The van der Waals surface area contributed by atoms with Gasteiger partial charge < -0.3 is 16.8 Å². The van der Waals surface area contributed by atoms with Crippen LogP contribution in [0.25, 0.3) is 0 Å². The van der Waals surface area contributed by atoms with Crippen LogP contribution in [0.1, 0.15) is 20.3 Å². The summed E-state index contributed by atoms with van der Waals surface area (Å²) in [6.07, 6.45) is 0.129. The van der Waals surface area contributed by atoms with Crippen molar-refractivity contribution in [3.05, 3.63) is 18.2 Å². The van der Waals surface area contributed by atoms with Gasteiger partial charge in [0.1, 0.15) is 4.90 Å². The zero-order valence-electron chi connectivity index (χ0n) is 10.8. The minimum atomic E-state index is -3.84. The predicted molar refractivity (Wildman–Crippen MR) is 73.7 cm³/mol. The molecule has 106 valence electrons. The maximum Gasteiger partial charge on any atom is 0.240 e. The maximum absolute atomic E-state index is 11.2. The van der Waals surface area contributed by atoms with E-state index in [0.717, 1.165) is 0 Å². The summed E-state index contributed by atoms with van der Waals surface area (Å²) in [7, 11) is -3.84. The number of anilines is 2. The predicted octanol–water partition coefficient (Wildman–Crippen LogP) is -0.0179. The number of primary amides is 1. The van der Waals surface area contributed by atoms with Crippen molar-refractivity contribution in [1.29, 1.82) is 0 Å². The van der Waals surface area contributed by atoms with E-state index in [9.17, 15) is 13.2 Å². The second-order valence-corrected chi connectivity index (χ2v) is 6.48. The van der Waals surface area contributed by atoms with Crippen LogP contribution in [0.2, 0.25) is 0 Å². The fourth-order valence-corrected chi connectivity index (χ4v) is 2.40. The summed E-state index contributed by atoms with van der Waals surface area (Å²) in [5, 5.41) is 8.06. The lowest BCUT2D eigenvalue weighted by molar-refractivity contribution is -0.118. The lowest BCUT2D eigenvalue weighted by Crippen LogP contribution is -2.36. The van der Waals surface area contributed by atoms with Crippen molar-refractivity contribution in [2.75, 3.05) is 11.1 Å². The number of hydrogen-bond donors (Lipinski definition) is 4. The van der Waals surface area contributed by atoms with Gasteiger partial charge in [0.15, 0.2) is 0 Å². The molecule has 0 aliphatic heterocycles. The van der Waals surface area contributed by atoms with Gasteiger partial charge in [0, 0.05) is 17.6 Å². The molecule has 19 heavy (non-hydrogen) atoms. The van der Waals surface area contributed by atoms with E-state index in [1.807, 2.05) is 0 Å². The van der Waals surface area contributed by atoms with Crippen molar-refractivity contribution in [3.8, 4) is 0 Å². The van der Waals surface area contributed by atoms with Gasteiger partial charge in [0.25, 0.3) is 0 Å². The number of nitrogens with two attached hydrogens (primary N) is 3. The second kappa shape index (κ2) is 5.06. The van der Waals surface area contributed by atoms with E-state index in [1.165, 1.54) is 18.2 Å². The van der Waals surface area contributed by atoms with Gasteiger partial charge >= 0.3 is 0 Å². The van der Waals surface area contributed by atoms with Crippen molar-refractivity contribution in [2.24, 2.45) is 10.9 Å². The molecule has 1 amide bonds. The highest BCUT2D eigenvalue weighted by Crippen LogP contribution is 2.24. The lowest BCUT2D eigenvalue weighted by Gasteiger charge is -2.26. The van der Waals surface area contributed by atoms with Crippen LogP contribution >= 0.6 is 0 Å². The zero-order valence-corrected chi connectivity index (χ0v) is 11.6. The highest BCUT2D eigenvalue weighted by atomic mass is 32.2. The van der Waals surface area contributed by atoms with Gasteiger partial charge in [-0.15, -0.1) is 0 Å². The van der Waals surface area contributed by atoms with E-state index in [4.69, 9.17) is 16.6 Å². The van der Waals surface area contributed by atoms with Crippen LogP contribution in [0.5, 0.6) is 0 Å². The van der Waals surface area contributed by atoms with Crippen LogP contribution in [0, 0.1) is 0 Å². The molecule has 0 aliphatic rings. The lowest BCUT2D eigenvalue weighted by atomic mass is 10.00. The summed E-state index contributed by atoms with van der Waals surface area (Å²) >= 11 is 0. The van der Waals surface area contributed by atoms with Crippen LogP contribution in [0.15, 0.2) is 23.1 Å². The number of carbonyl (C=O) groups is 1. The molecule has 0 fully saturated rings. The highest BCUT2D eigenvalue weighted by molar-refractivity contribution is 7.89. The molecule has 0 unspecified atom stereocenters. The molecule has 0 saturated heterocycles. The summed E-state index contributed by atoms with van der Waals surface area (Å²) in [4.78, 5) is 10.8. The summed E-state index contributed by atoms with van der Waals surface area (Å²) < 4.78 is 22.4. The number of hydrogen-bond acceptors (Lipinski definition) is 5. The number of sulfonamides is 1. The molecule has 1 rings (SSSR count). The summed E-state index contributed by atoms with van der Waals surface area (Å²) in [5.74, 6) is -0.438. The Kier molecular flexibility index (Phi) is 4.06. The topological polar surface area (TPSA) is 141 Å². The first-order valence-electron chi connectivity index (χ1n) is 5.50. The van der Waals surface area contributed by atoms with E-state index < -0.39 is 21.5 Å². The van der Waals surface area contributed by atoms with Crippen LogP contribution in [0.4, 0.5) is 11.4 Å². The number of benzene rings is 1. The molecule has 0 atom stereocenters. The van der Waals surface area contributed by atoms with Crippen LogP contribution in [-0.2, 0) is 14.8 Å². The molecule has 8 heteroatoms. The van der Waals surface area contributed by atoms with Crippen molar-refractivity contribution in [1.82, 2.24) is 0 Å². The molecule has 0 radical (unpaired) electrons. The van der Waals surface area contributed by atoms with E-state index >= 15 is 0 Å². The fraction of sp³-hybridized carbons (Fsp3) is 0.364. The Morgan fingerprint density at radius 2 is 1.95 bits per heavy atom. The largest absolute Gasteiger partial charge is 0.398 e. The molecule has 0 heterocycles. The van der Waals surface area contributed by atoms with Crippen molar-refractivity contribution in [3.63, 3.8) is 0 Å². The molecule has 0 aliphatic carbocycles. The summed E-state index contributed by atoms with van der Waals surface area (Å²) in [6.45, 7) is 3.59. The number of amides is 1. The Morgan fingerprint density at radius 1 is 1.37 bits per heavy atom. The van der Waals surface area contributed by atoms with Gasteiger partial charge in [-0.25, -0.2) is 13.6 Å². The third-order valence-corrected chi connectivity index (χ3v) is 3.40. The quantitative estimate of drug-likeness (QED) is 0.563. The normalized spacial score (nSPS) is 12.2. The minimum Gasteiger partial charge on any atom is -0.398 e. The van der Waals surface area contributed by atoms with Gasteiger partial charge in [-0.2, -0.15) is 0 Å². The van der Waals surface area contributed by atoms with Crippen molar-refractivity contribution in [2.45, 2.75) is 30.7 Å². The Morgan fingerprint density at radius 3 is 2.37 bits per heavy atom. The molecule has 1 aromatic rings. The average molecular weight is 286 g/mol. The van der Waals surface area contributed by atoms with Gasteiger partial charge in [-0.1, -0.05) is 0 Å². The first kappa shape index (κ1) is 15.3. The second-order valence-electron chi connectivity index (χ2n) is 4.95. The highest BCUT2D eigenvalue weighted by Gasteiger charge is 2.21. The Bertz CT molecular complexity index is 596. The molecule has 7 nitrogen and oxygen atoms in total. The number of nitrogens with one attached hydrogen (secondary N) is 1. The Hall–Kier alpha value is -1.80. The maximum atomic E-state index is 11.2. The molecule has 1 aromatic carbocycles. The number of carbonyl (C=O) groups excluding carboxylic acids is 1. The number of nitrogen functional groups attached to an aromatic ring is 1. The SMILES string of the molecule is CC(C)(CC(N)=O)Nc1ccc(S(N)(=O)=O)c(N)c1. The van der Waals surface area contributed by atoms with Crippen molar-refractivity contribution >= 4 is 27.3 Å². The third-order valence-electron chi connectivity index (χ3n) is 2.42. The van der Waals surface area contributed by atoms with Gasteiger partial charge in [-0.3, -0.25) is 4.79 Å². The van der Waals surface area contributed by atoms with E-state index in [2.05, 4.69) is 5.32 Å². The monoisotopic (exact) mass is 286 g/mol. The fourth-order valence-electron chi connectivity index (χ4n) is 1.76. The van der Waals surface area contributed by atoms with E-state index in [0.29, 0.717) is 5.69 Å². The molecule has 0 bridgehead atoms. The van der Waals surface area contributed by atoms with Crippen molar-refractivity contribution < 1.29 is 13.2 Å². The van der Waals surface area contributed by atoms with E-state index in [-0.39, 0.29) is 17.0 Å². The first-order valence-corrected chi connectivity index (χ1v) is 7.05. The molecule has 0 aromatic heterocycles. The third kappa shape index (κ3) is 4.42. The molecule has 7 N–H and O–H groups in total. The smallest absolute Gasteiger partial charge is 0.240 e. The molecular weight excluding hydrogens is 268 g/mol. The Labute approximate surface area is 112 Å². The standard InChI is InChI=1S/C11H18N4O3S/c1-11(2,6-10(13)16)15-7-3-4-9(8(12)5-7)19(14,17)18/h3-5,15H,6,12H2,1-2H3,(H2,13,16)(H2,14,17,18). The number of rotatable bonds is 5. The molecule has 0 spiro atoms. The van der Waals surface area contributed by atoms with Gasteiger partial charge in [-0.05, 0) is 32.0 Å². The van der Waals surface area contributed by atoms with Crippen LogP contribution < -0.4 is 21.9 Å². The van der Waals surface area contributed by atoms with Gasteiger partial charge in [0.2, 0.25) is 15.9 Å². The van der Waals surface area contributed by atoms with E-state index in [1.54, 1.807) is 13.8 Å².